The van der Waals surface area contributed by atoms with Crippen molar-refractivity contribution < 1.29 is 13.2 Å². The summed E-state index contributed by atoms with van der Waals surface area (Å²) in [5, 5.41) is 9.10. The van der Waals surface area contributed by atoms with Crippen molar-refractivity contribution in [3.8, 4) is 6.07 Å². The Balaban J connectivity index is 1.82. The minimum atomic E-state index is -3.70. The molecule has 1 atom stereocenters. The predicted octanol–water partition coefficient (Wildman–Crippen LogP) is 2.40. The number of nitriles is 1. The van der Waals surface area contributed by atoms with Crippen LogP contribution < -0.4 is 0 Å². The Morgan fingerprint density at radius 3 is 2.81 bits per heavy atom. The first-order valence-corrected chi connectivity index (χ1v) is 10.3. The molecule has 2 heterocycles. The molecule has 3 rings (SSSR count). The van der Waals surface area contributed by atoms with E-state index < -0.39 is 10.0 Å². The number of benzene rings is 1. The Morgan fingerprint density at radius 1 is 1.31 bits per heavy atom. The number of hydrogen-bond donors (Lipinski definition) is 0. The first-order valence-electron chi connectivity index (χ1n) is 8.86. The normalized spacial score (nSPS) is 21.8. The van der Waals surface area contributed by atoms with Gasteiger partial charge in [-0.05, 0) is 44.4 Å². The molecule has 0 bridgehead atoms. The molecule has 0 N–H and O–H groups in total. The minimum absolute atomic E-state index is 0.116. The van der Waals surface area contributed by atoms with Gasteiger partial charge < -0.3 is 4.90 Å². The second-order valence-electron chi connectivity index (χ2n) is 6.91. The zero-order chi connectivity index (χ0) is 18.7. The van der Waals surface area contributed by atoms with E-state index in [4.69, 9.17) is 5.26 Å². The monoisotopic (exact) mass is 373 g/mol. The second kappa shape index (κ2) is 7.60. The third-order valence-corrected chi connectivity index (χ3v) is 6.87. The maximum absolute atomic E-state index is 12.9. The van der Waals surface area contributed by atoms with E-state index in [0.717, 1.165) is 12.8 Å². The third kappa shape index (κ3) is 3.81. The zero-order valence-corrected chi connectivity index (χ0v) is 15.7. The van der Waals surface area contributed by atoms with Gasteiger partial charge in [0, 0.05) is 31.7 Å². The molecular formula is C19H23N3O3S. The molecule has 0 spiro atoms. The van der Waals surface area contributed by atoms with Gasteiger partial charge in [0.25, 0.3) is 5.91 Å². The molecule has 1 aromatic carbocycles. The molecule has 0 aliphatic carbocycles. The largest absolute Gasteiger partial charge is 0.335 e. The van der Waals surface area contributed by atoms with Gasteiger partial charge in [0.1, 0.15) is 0 Å². The summed E-state index contributed by atoms with van der Waals surface area (Å²) in [5.74, 6) is -0.425. The number of amides is 1. The molecule has 0 radical (unpaired) electrons. The molecule has 6 nitrogen and oxygen atoms in total. The molecule has 1 saturated heterocycles. The second-order valence-corrected chi connectivity index (χ2v) is 8.85. The van der Waals surface area contributed by atoms with E-state index in [1.54, 1.807) is 17.0 Å². The maximum Gasteiger partial charge on any atom is 0.254 e. The molecule has 0 aromatic heterocycles. The third-order valence-electron chi connectivity index (χ3n) is 5.01. The van der Waals surface area contributed by atoms with Crippen LogP contribution >= 0.6 is 0 Å². The highest BCUT2D eigenvalue weighted by Crippen LogP contribution is 2.24. The topological polar surface area (TPSA) is 81.5 Å². The number of piperidine rings is 1. The van der Waals surface area contributed by atoms with Crippen LogP contribution in [0.1, 0.15) is 36.5 Å². The van der Waals surface area contributed by atoms with Crippen molar-refractivity contribution in [2.75, 3.05) is 26.2 Å². The zero-order valence-electron chi connectivity index (χ0n) is 14.9. The summed E-state index contributed by atoms with van der Waals surface area (Å²) in [7, 11) is -3.70. The highest BCUT2D eigenvalue weighted by Gasteiger charge is 2.31. The van der Waals surface area contributed by atoms with Crippen molar-refractivity contribution in [2.45, 2.75) is 31.1 Å². The number of rotatable bonds is 3. The molecule has 0 unspecified atom stereocenters. The average molecular weight is 373 g/mol. The molecule has 138 valence electrons. The van der Waals surface area contributed by atoms with Gasteiger partial charge >= 0.3 is 0 Å². The number of nitrogens with zero attached hydrogens (tertiary/aromatic N) is 3. The highest BCUT2D eigenvalue weighted by atomic mass is 32.2. The van der Waals surface area contributed by atoms with Crippen LogP contribution in [0.5, 0.6) is 0 Å². The van der Waals surface area contributed by atoms with Crippen molar-refractivity contribution in [1.82, 2.24) is 9.21 Å². The number of carbonyl (C=O) groups excluding carboxylic acids is 1. The van der Waals surface area contributed by atoms with Crippen LogP contribution in [0.4, 0.5) is 0 Å². The minimum Gasteiger partial charge on any atom is -0.335 e. The van der Waals surface area contributed by atoms with Crippen molar-refractivity contribution in [3.05, 3.63) is 41.5 Å². The van der Waals surface area contributed by atoms with Gasteiger partial charge in [-0.3, -0.25) is 4.79 Å². The number of carbonyl (C=O) groups is 1. The average Bonchev–Trinajstić information content (AvgIpc) is 2.68. The van der Waals surface area contributed by atoms with E-state index in [1.807, 2.05) is 13.0 Å². The SMILES string of the molecule is CC1=CCN(C(=O)c2cccc(S(=O)(=O)N3CCC[C@@H](C#N)C3)c2)CC1. The summed E-state index contributed by atoms with van der Waals surface area (Å²) in [6.07, 6.45) is 4.27. The fourth-order valence-electron chi connectivity index (χ4n) is 3.34. The van der Waals surface area contributed by atoms with Crippen LogP contribution in [0.25, 0.3) is 0 Å². The first-order chi connectivity index (χ1) is 12.4. The lowest BCUT2D eigenvalue weighted by molar-refractivity contribution is 0.0769. The highest BCUT2D eigenvalue weighted by molar-refractivity contribution is 7.89. The lowest BCUT2D eigenvalue weighted by Crippen LogP contribution is -2.39. The molecule has 0 saturated carbocycles. The van der Waals surface area contributed by atoms with Crippen LogP contribution in [0, 0.1) is 17.2 Å². The van der Waals surface area contributed by atoms with Gasteiger partial charge in [-0.1, -0.05) is 17.7 Å². The summed E-state index contributed by atoms with van der Waals surface area (Å²) in [6.45, 7) is 3.87. The van der Waals surface area contributed by atoms with Crippen LogP contribution in [0.2, 0.25) is 0 Å². The summed E-state index contributed by atoms with van der Waals surface area (Å²) in [4.78, 5) is 14.5. The lowest BCUT2D eigenvalue weighted by Gasteiger charge is -2.29. The van der Waals surface area contributed by atoms with Crippen LogP contribution in [-0.2, 0) is 10.0 Å². The fourth-order valence-corrected chi connectivity index (χ4v) is 4.91. The summed E-state index contributed by atoms with van der Waals surface area (Å²) in [5.41, 5.74) is 1.65. The van der Waals surface area contributed by atoms with Crippen LogP contribution in [0.3, 0.4) is 0 Å². The lowest BCUT2D eigenvalue weighted by atomic mass is 10.0. The molecule has 7 heteroatoms. The smallest absolute Gasteiger partial charge is 0.254 e. The number of hydrogen-bond acceptors (Lipinski definition) is 4. The summed E-state index contributed by atoms with van der Waals surface area (Å²) >= 11 is 0. The van der Waals surface area contributed by atoms with Crippen LogP contribution in [0.15, 0.2) is 40.8 Å². The standard InChI is InChI=1S/C19H23N3O3S/c1-15-7-10-21(11-8-15)19(23)17-5-2-6-18(12-17)26(24,25)22-9-3-4-16(13-20)14-22/h2,5-7,12,16H,3-4,8-11,14H2,1H3/t16-/m0/s1. The molecule has 1 amide bonds. The molecular weight excluding hydrogens is 350 g/mol. The van der Waals surface area contributed by atoms with E-state index in [9.17, 15) is 13.2 Å². The van der Waals surface area contributed by atoms with Gasteiger partial charge in [-0.25, -0.2) is 8.42 Å². The molecule has 1 aromatic rings. The van der Waals surface area contributed by atoms with E-state index in [-0.39, 0.29) is 23.3 Å². The van der Waals surface area contributed by atoms with E-state index >= 15 is 0 Å². The van der Waals surface area contributed by atoms with Crippen LogP contribution in [-0.4, -0.2) is 49.7 Å². The molecule has 26 heavy (non-hydrogen) atoms. The first kappa shape index (κ1) is 18.6. The Labute approximate surface area is 154 Å². The Morgan fingerprint density at radius 2 is 2.12 bits per heavy atom. The van der Waals surface area contributed by atoms with Gasteiger partial charge in [-0.2, -0.15) is 9.57 Å². The van der Waals surface area contributed by atoms with E-state index in [1.165, 1.54) is 22.0 Å². The molecule has 2 aliphatic heterocycles. The predicted molar refractivity (Wildman–Crippen MR) is 97.8 cm³/mol. The van der Waals surface area contributed by atoms with Crippen molar-refractivity contribution in [3.63, 3.8) is 0 Å². The van der Waals surface area contributed by atoms with Crippen molar-refractivity contribution >= 4 is 15.9 Å². The Bertz CT molecular complexity index is 870. The van der Waals surface area contributed by atoms with Gasteiger partial charge in [0.15, 0.2) is 0 Å². The van der Waals surface area contributed by atoms with Crippen molar-refractivity contribution in [2.24, 2.45) is 5.92 Å². The number of sulfonamides is 1. The maximum atomic E-state index is 12.9. The van der Waals surface area contributed by atoms with Gasteiger partial charge in [0.2, 0.25) is 10.0 Å². The fraction of sp³-hybridized carbons (Fsp3) is 0.474. The van der Waals surface area contributed by atoms with Gasteiger partial charge in [-0.15, -0.1) is 0 Å². The van der Waals surface area contributed by atoms with E-state index in [0.29, 0.717) is 31.6 Å². The van der Waals surface area contributed by atoms with Crippen molar-refractivity contribution in [1.29, 1.82) is 5.26 Å². The van der Waals surface area contributed by atoms with E-state index in [2.05, 4.69) is 6.07 Å². The summed E-state index contributed by atoms with van der Waals surface area (Å²) < 4.78 is 27.2. The Kier molecular flexibility index (Phi) is 5.44. The summed E-state index contributed by atoms with van der Waals surface area (Å²) in [6, 6.07) is 8.40. The Hall–Kier alpha value is -2.17. The van der Waals surface area contributed by atoms with Gasteiger partial charge in [0.05, 0.1) is 16.9 Å². The quantitative estimate of drug-likeness (QED) is 0.762. The molecule has 2 aliphatic rings. The molecule has 1 fully saturated rings.